The third-order valence-corrected chi connectivity index (χ3v) is 3.08. The summed E-state index contributed by atoms with van der Waals surface area (Å²) in [7, 11) is 2.27. The van der Waals surface area contributed by atoms with E-state index in [1.165, 1.54) is 13.5 Å². The minimum atomic E-state index is -0.141. The van der Waals surface area contributed by atoms with E-state index in [4.69, 9.17) is 4.74 Å². The van der Waals surface area contributed by atoms with Gasteiger partial charge in [-0.05, 0) is 6.92 Å². The molecule has 0 spiro atoms. The van der Waals surface area contributed by atoms with Crippen LogP contribution in [0.4, 0.5) is 0 Å². The van der Waals surface area contributed by atoms with E-state index in [1.54, 1.807) is 0 Å². The average Bonchev–Trinajstić information content (AvgIpc) is 2.09. The lowest BCUT2D eigenvalue weighted by molar-refractivity contribution is -0.913. The zero-order valence-corrected chi connectivity index (χ0v) is 8.88. The highest BCUT2D eigenvalue weighted by Crippen LogP contribution is 2.18. The maximum absolute atomic E-state index is 10.7. The van der Waals surface area contributed by atoms with Gasteiger partial charge in [-0.1, -0.05) is 0 Å². The van der Waals surface area contributed by atoms with Crippen molar-refractivity contribution >= 4 is 5.97 Å². The van der Waals surface area contributed by atoms with Crippen LogP contribution in [0.3, 0.4) is 0 Å². The monoisotopic (exact) mass is 186 g/mol. The van der Waals surface area contributed by atoms with Gasteiger partial charge in [0.25, 0.3) is 0 Å². The molecular weight excluding hydrogens is 166 g/mol. The Morgan fingerprint density at radius 2 is 2.00 bits per heavy atom. The van der Waals surface area contributed by atoms with Crippen molar-refractivity contribution in [1.82, 2.24) is 0 Å². The molecule has 76 valence electrons. The van der Waals surface area contributed by atoms with Crippen LogP contribution in [-0.4, -0.2) is 43.2 Å². The molecule has 0 bridgehead atoms. The summed E-state index contributed by atoms with van der Waals surface area (Å²) in [6, 6.07) is 0. The normalized spacial score (nSPS) is 34.2. The minimum Gasteiger partial charge on any atom is -0.462 e. The van der Waals surface area contributed by atoms with Crippen molar-refractivity contribution < 1.29 is 14.0 Å². The van der Waals surface area contributed by atoms with Crippen LogP contribution in [0.5, 0.6) is 0 Å². The summed E-state index contributed by atoms with van der Waals surface area (Å²) in [6.07, 6.45) is 2.21. The largest absolute Gasteiger partial charge is 0.462 e. The number of esters is 1. The first kappa shape index (κ1) is 10.5. The molecule has 0 N–H and O–H groups in total. The second-order valence-corrected chi connectivity index (χ2v) is 4.19. The molecule has 0 aliphatic carbocycles. The van der Waals surface area contributed by atoms with E-state index in [1.807, 2.05) is 0 Å². The van der Waals surface area contributed by atoms with Crippen molar-refractivity contribution in [2.45, 2.75) is 32.8 Å². The summed E-state index contributed by atoms with van der Waals surface area (Å²) < 4.78 is 6.30. The standard InChI is InChI=1S/C10H20NO2/c1-4-11(3)7-5-10(6-8-11)13-9(2)12/h10H,4-8H2,1-3H3/q+1. The van der Waals surface area contributed by atoms with Gasteiger partial charge in [0.2, 0.25) is 0 Å². The quantitative estimate of drug-likeness (QED) is 0.478. The molecule has 1 rings (SSSR count). The summed E-state index contributed by atoms with van der Waals surface area (Å²) >= 11 is 0. The number of rotatable bonds is 2. The number of likely N-dealkylation sites (tertiary alicyclic amines) is 1. The van der Waals surface area contributed by atoms with E-state index in [0.717, 1.165) is 30.4 Å². The van der Waals surface area contributed by atoms with Crippen LogP contribution in [-0.2, 0) is 9.53 Å². The number of hydrogen-bond acceptors (Lipinski definition) is 2. The molecule has 3 nitrogen and oxygen atoms in total. The van der Waals surface area contributed by atoms with E-state index in [2.05, 4.69) is 14.0 Å². The van der Waals surface area contributed by atoms with Gasteiger partial charge in [-0.25, -0.2) is 0 Å². The Balaban J connectivity index is 2.34. The number of ether oxygens (including phenoxy) is 1. The predicted molar refractivity (Wildman–Crippen MR) is 51.2 cm³/mol. The molecule has 0 aromatic heterocycles. The van der Waals surface area contributed by atoms with Crippen LogP contribution >= 0.6 is 0 Å². The highest BCUT2D eigenvalue weighted by Gasteiger charge is 2.29. The lowest BCUT2D eigenvalue weighted by atomic mass is 10.1. The number of carbonyl (C=O) groups excluding carboxylic acids is 1. The van der Waals surface area contributed by atoms with Gasteiger partial charge in [0.1, 0.15) is 6.10 Å². The number of hydrogen-bond donors (Lipinski definition) is 0. The zero-order valence-electron chi connectivity index (χ0n) is 8.88. The highest BCUT2D eigenvalue weighted by molar-refractivity contribution is 5.66. The van der Waals surface area contributed by atoms with Crippen LogP contribution in [0.15, 0.2) is 0 Å². The molecule has 0 amide bonds. The molecule has 0 radical (unpaired) electrons. The molecule has 1 aliphatic rings. The van der Waals surface area contributed by atoms with Crippen molar-refractivity contribution in [2.24, 2.45) is 0 Å². The number of carbonyl (C=O) groups is 1. The van der Waals surface area contributed by atoms with Gasteiger partial charge in [0.05, 0.1) is 26.7 Å². The molecule has 0 aromatic rings. The summed E-state index contributed by atoms with van der Waals surface area (Å²) in [5, 5.41) is 0. The van der Waals surface area contributed by atoms with Gasteiger partial charge in [-0.2, -0.15) is 0 Å². The first-order valence-electron chi connectivity index (χ1n) is 5.06. The Labute approximate surface area is 80.3 Å². The van der Waals surface area contributed by atoms with Crippen molar-refractivity contribution in [3.05, 3.63) is 0 Å². The minimum absolute atomic E-state index is 0.141. The summed E-state index contributed by atoms with van der Waals surface area (Å²) in [6.45, 7) is 7.14. The fourth-order valence-corrected chi connectivity index (χ4v) is 1.84. The first-order chi connectivity index (χ1) is 6.06. The maximum atomic E-state index is 10.7. The van der Waals surface area contributed by atoms with Crippen molar-refractivity contribution in [2.75, 3.05) is 26.7 Å². The second-order valence-electron chi connectivity index (χ2n) is 4.19. The molecule has 1 aliphatic heterocycles. The van der Waals surface area contributed by atoms with Gasteiger partial charge in [-0.3, -0.25) is 4.79 Å². The molecule has 0 unspecified atom stereocenters. The molecular formula is C10H20NO2+. The Hall–Kier alpha value is -0.570. The second kappa shape index (κ2) is 4.09. The maximum Gasteiger partial charge on any atom is 0.302 e. The Morgan fingerprint density at radius 1 is 1.46 bits per heavy atom. The van der Waals surface area contributed by atoms with Gasteiger partial charge < -0.3 is 9.22 Å². The molecule has 13 heavy (non-hydrogen) atoms. The van der Waals surface area contributed by atoms with Crippen LogP contribution in [0, 0.1) is 0 Å². The Kier molecular flexibility index (Phi) is 3.31. The van der Waals surface area contributed by atoms with Gasteiger partial charge >= 0.3 is 5.97 Å². The van der Waals surface area contributed by atoms with Crippen LogP contribution in [0.2, 0.25) is 0 Å². The van der Waals surface area contributed by atoms with Gasteiger partial charge in [0.15, 0.2) is 0 Å². The predicted octanol–water partition coefficient (Wildman–Crippen LogP) is 1.18. The average molecular weight is 186 g/mol. The molecule has 0 atom stereocenters. The van der Waals surface area contributed by atoms with Gasteiger partial charge in [-0.15, -0.1) is 0 Å². The van der Waals surface area contributed by atoms with Crippen molar-refractivity contribution in [1.29, 1.82) is 0 Å². The molecule has 3 heteroatoms. The molecule has 1 saturated heterocycles. The molecule has 1 fully saturated rings. The summed E-state index contributed by atoms with van der Waals surface area (Å²) in [4.78, 5) is 10.7. The van der Waals surface area contributed by atoms with E-state index < -0.39 is 0 Å². The third kappa shape index (κ3) is 2.99. The molecule has 1 heterocycles. The Morgan fingerprint density at radius 3 is 2.38 bits per heavy atom. The summed E-state index contributed by atoms with van der Waals surface area (Å²) in [5.74, 6) is -0.141. The molecule has 0 aromatic carbocycles. The fraction of sp³-hybridized carbons (Fsp3) is 0.900. The topological polar surface area (TPSA) is 26.3 Å². The van der Waals surface area contributed by atoms with Gasteiger partial charge in [0, 0.05) is 19.8 Å². The number of nitrogens with zero attached hydrogens (tertiary/aromatic N) is 1. The van der Waals surface area contributed by atoms with Crippen LogP contribution in [0.25, 0.3) is 0 Å². The Bertz CT molecular complexity index is 183. The van der Waals surface area contributed by atoms with Crippen molar-refractivity contribution in [3.63, 3.8) is 0 Å². The smallest absolute Gasteiger partial charge is 0.302 e. The van der Waals surface area contributed by atoms with E-state index in [9.17, 15) is 4.79 Å². The lowest BCUT2D eigenvalue weighted by Crippen LogP contribution is -2.51. The van der Waals surface area contributed by atoms with Crippen LogP contribution in [0.1, 0.15) is 26.7 Å². The van der Waals surface area contributed by atoms with Crippen molar-refractivity contribution in [3.8, 4) is 0 Å². The van der Waals surface area contributed by atoms with Crippen LogP contribution < -0.4 is 0 Å². The van der Waals surface area contributed by atoms with E-state index in [-0.39, 0.29) is 12.1 Å². The number of piperidine rings is 1. The zero-order chi connectivity index (χ0) is 9.90. The first-order valence-corrected chi connectivity index (χ1v) is 5.06. The van der Waals surface area contributed by atoms with E-state index in [0.29, 0.717) is 0 Å². The molecule has 0 saturated carbocycles. The lowest BCUT2D eigenvalue weighted by Gasteiger charge is -2.39. The highest BCUT2D eigenvalue weighted by atomic mass is 16.5. The van der Waals surface area contributed by atoms with E-state index >= 15 is 0 Å². The summed E-state index contributed by atoms with van der Waals surface area (Å²) in [5.41, 5.74) is 0. The fourth-order valence-electron chi connectivity index (χ4n) is 1.84. The third-order valence-electron chi connectivity index (χ3n) is 3.08. The number of quaternary nitrogens is 1. The SMILES string of the molecule is CC[N+]1(C)CCC(OC(C)=O)CC1.